The predicted molar refractivity (Wildman–Crippen MR) is 167 cm³/mol. The highest BCUT2D eigenvalue weighted by Gasteiger charge is 2.31. The van der Waals surface area contributed by atoms with Gasteiger partial charge < -0.3 is 19.0 Å². The normalized spacial score (nSPS) is 12.1. The highest BCUT2D eigenvalue weighted by Crippen LogP contribution is 2.30. The number of nitrogens with zero attached hydrogens (tertiary/aromatic N) is 1. The van der Waals surface area contributed by atoms with Gasteiger partial charge in [-0.1, -0.05) is 78.9 Å². The van der Waals surface area contributed by atoms with Gasteiger partial charge in [0.05, 0.1) is 23.9 Å². The number of methoxy groups -OCH3 is 1. The summed E-state index contributed by atoms with van der Waals surface area (Å²) in [6, 6.07) is 33.0. The number of hydrogen-bond donors (Lipinski definition) is 1. The first kappa shape index (κ1) is 29.3. The lowest BCUT2D eigenvalue weighted by Gasteiger charge is -2.26. The second-order valence-corrected chi connectivity index (χ2v) is 10.4. The molecule has 9 nitrogen and oxygen atoms in total. The first-order chi connectivity index (χ1) is 21.9. The van der Waals surface area contributed by atoms with Gasteiger partial charge in [0.2, 0.25) is 5.43 Å². The van der Waals surface area contributed by atoms with E-state index in [9.17, 15) is 14.4 Å². The molecule has 6 rings (SSSR count). The molecule has 1 N–H and O–H groups in total. The summed E-state index contributed by atoms with van der Waals surface area (Å²) in [7, 11) is 1.59. The smallest absolute Gasteiger partial charge is 0.262 e. The summed E-state index contributed by atoms with van der Waals surface area (Å²) in [5.41, 5.74) is 3.41. The van der Waals surface area contributed by atoms with Crippen LogP contribution in [0.3, 0.4) is 0 Å². The van der Waals surface area contributed by atoms with E-state index in [1.54, 1.807) is 37.0 Å². The lowest BCUT2D eigenvalue weighted by atomic mass is 10.0. The molecule has 0 fully saturated rings. The average molecular weight is 603 g/mol. The van der Waals surface area contributed by atoms with Crippen molar-refractivity contribution in [3.05, 3.63) is 159 Å². The molecule has 2 heterocycles. The van der Waals surface area contributed by atoms with Crippen LogP contribution in [0.5, 0.6) is 17.2 Å². The Morgan fingerprint density at radius 1 is 0.733 bits per heavy atom. The molecule has 0 saturated heterocycles. The number of benzene rings is 4. The minimum Gasteiger partial charge on any atom is -0.497 e. The van der Waals surface area contributed by atoms with Crippen molar-refractivity contribution in [3.63, 3.8) is 0 Å². The molecule has 0 spiro atoms. The molecular weight excluding hydrogens is 572 g/mol. The molecule has 1 aromatic heterocycles. The van der Waals surface area contributed by atoms with E-state index in [1.807, 2.05) is 84.9 Å². The van der Waals surface area contributed by atoms with Gasteiger partial charge in [-0.25, -0.2) is 0 Å². The number of rotatable bonds is 11. The summed E-state index contributed by atoms with van der Waals surface area (Å²) >= 11 is 0. The van der Waals surface area contributed by atoms with E-state index in [0.717, 1.165) is 16.7 Å². The predicted octanol–water partition coefficient (Wildman–Crippen LogP) is 5.43. The third kappa shape index (κ3) is 6.14. The van der Waals surface area contributed by atoms with E-state index < -0.39 is 17.9 Å². The largest absolute Gasteiger partial charge is 0.497 e. The molecule has 0 saturated carbocycles. The van der Waals surface area contributed by atoms with Crippen molar-refractivity contribution >= 4 is 11.8 Å². The van der Waals surface area contributed by atoms with Crippen molar-refractivity contribution < 1.29 is 28.6 Å². The zero-order valence-electron chi connectivity index (χ0n) is 24.7. The fourth-order valence-electron chi connectivity index (χ4n) is 5.19. The van der Waals surface area contributed by atoms with Crippen LogP contribution in [0, 0.1) is 6.92 Å². The van der Waals surface area contributed by atoms with E-state index in [4.69, 9.17) is 19.0 Å². The number of ether oxygens (including phenoxy) is 3. The average Bonchev–Trinajstić information content (AvgIpc) is 3.37. The molecule has 45 heavy (non-hydrogen) atoms. The Bertz CT molecular complexity index is 1860. The summed E-state index contributed by atoms with van der Waals surface area (Å²) in [5, 5.41) is 2.30. The summed E-state index contributed by atoms with van der Waals surface area (Å²) in [5.74, 6) is -0.116. The summed E-state index contributed by atoms with van der Waals surface area (Å²) < 4.78 is 19.1. The lowest BCUT2D eigenvalue weighted by molar-refractivity contribution is 0.0414. The Morgan fingerprint density at radius 2 is 1.40 bits per heavy atom. The molecule has 0 bridgehead atoms. The number of nitrogens with one attached hydrogen (secondary N) is 1. The van der Waals surface area contributed by atoms with Gasteiger partial charge in [-0.3, -0.25) is 19.7 Å². The maximum atomic E-state index is 13.5. The van der Waals surface area contributed by atoms with Crippen LogP contribution in [-0.4, -0.2) is 23.7 Å². The molecule has 0 radical (unpaired) electrons. The van der Waals surface area contributed by atoms with Crippen molar-refractivity contribution in [2.45, 2.75) is 26.2 Å². The van der Waals surface area contributed by atoms with Crippen LogP contribution in [0.4, 0.5) is 0 Å². The molecule has 0 atom stereocenters. The standard InChI is InChI=1S/C36H30N2O7/c1-23-20-30(39)34(44-21-24-16-18-27(42-2)19-17-24)29(22-43-31-15-9-14-28-32(31)36(41)37-35(28)40)38(23)45-33(25-10-5-3-6-11-25)26-12-7-4-8-13-26/h3-20,33H,21-22H2,1-2H3,(H,37,40,41). The van der Waals surface area contributed by atoms with Crippen molar-refractivity contribution in [3.8, 4) is 17.2 Å². The minimum absolute atomic E-state index is 0.0318. The minimum atomic E-state index is -0.550. The molecule has 226 valence electrons. The molecule has 2 amide bonds. The number of imide groups is 1. The van der Waals surface area contributed by atoms with Crippen LogP contribution in [-0.2, 0) is 13.2 Å². The number of pyridine rings is 1. The lowest BCUT2D eigenvalue weighted by Crippen LogP contribution is -2.28. The van der Waals surface area contributed by atoms with Crippen LogP contribution in [0.25, 0.3) is 0 Å². The van der Waals surface area contributed by atoms with Gasteiger partial charge in [-0.2, -0.15) is 4.73 Å². The molecule has 4 aromatic carbocycles. The molecule has 1 aliphatic rings. The second-order valence-electron chi connectivity index (χ2n) is 10.4. The van der Waals surface area contributed by atoms with E-state index in [-0.39, 0.29) is 41.3 Å². The molecule has 0 aliphatic carbocycles. The van der Waals surface area contributed by atoms with Gasteiger partial charge in [0.25, 0.3) is 11.8 Å². The first-order valence-corrected chi connectivity index (χ1v) is 14.3. The van der Waals surface area contributed by atoms with Crippen LogP contribution in [0.2, 0.25) is 0 Å². The Hall–Kier alpha value is -5.83. The zero-order valence-corrected chi connectivity index (χ0v) is 24.7. The SMILES string of the molecule is COc1ccc(COc2c(COc3cccc4c3C(=O)NC4=O)n(OC(c3ccccc3)c3ccccc3)c(C)cc2=O)cc1. The van der Waals surface area contributed by atoms with Gasteiger partial charge in [-0.05, 0) is 47.9 Å². The van der Waals surface area contributed by atoms with E-state index in [1.165, 1.54) is 6.07 Å². The number of aryl methyl sites for hydroxylation is 1. The van der Waals surface area contributed by atoms with Crippen LogP contribution in [0.1, 0.15) is 54.9 Å². The maximum absolute atomic E-state index is 13.5. The summed E-state index contributed by atoms with van der Waals surface area (Å²) in [6.07, 6.45) is -0.550. The third-order valence-electron chi connectivity index (χ3n) is 7.44. The fourth-order valence-corrected chi connectivity index (χ4v) is 5.19. The number of fused-ring (bicyclic) bond motifs is 1. The quantitative estimate of drug-likeness (QED) is 0.201. The topological polar surface area (TPSA) is 105 Å². The molecule has 5 aromatic rings. The monoisotopic (exact) mass is 602 g/mol. The second kappa shape index (κ2) is 12.8. The first-order valence-electron chi connectivity index (χ1n) is 14.3. The molecule has 0 unspecified atom stereocenters. The third-order valence-corrected chi connectivity index (χ3v) is 7.44. The van der Waals surface area contributed by atoms with Crippen LogP contribution in [0.15, 0.2) is 114 Å². The van der Waals surface area contributed by atoms with Crippen molar-refractivity contribution in [2.24, 2.45) is 0 Å². The molecular formula is C36H30N2O7. The Kier molecular flexibility index (Phi) is 8.32. The number of carbonyl (C=O) groups excluding carboxylic acids is 2. The fraction of sp³-hybridized carbons (Fsp3) is 0.139. The zero-order chi connectivity index (χ0) is 31.3. The van der Waals surface area contributed by atoms with Crippen LogP contribution >= 0.6 is 0 Å². The Balaban J connectivity index is 1.42. The van der Waals surface area contributed by atoms with Gasteiger partial charge in [0.1, 0.15) is 30.4 Å². The summed E-state index contributed by atoms with van der Waals surface area (Å²) in [6.45, 7) is 1.65. The van der Waals surface area contributed by atoms with E-state index in [0.29, 0.717) is 17.1 Å². The van der Waals surface area contributed by atoms with Crippen molar-refractivity contribution in [1.82, 2.24) is 10.0 Å². The highest BCUT2D eigenvalue weighted by atomic mass is 16.7. The van der Waals surface area contributed by atoms with E-state index >= 15 is 0 Å². The van der Waals surface area contributed by atoms with Crippen molar-refractivity contribution in [1.29, 1.82) is 0 Å². The Labute approximate surface area is 259 Å². The molecule has 1 aliphatic heterocycles. The van der Waals surface area contributed by atoms with Gasteiger partial charge in [-0.15, -0.1) is 0 Å². The van der Waals surface area contributed by atoms with Crippen molar-refractivity contribution in [2.75, 3.05) is 7.11 Å². The maximum Gasteiger partial charge on any atom is 0.262 e. The highest BCUT2D eigenvalue weighted by molar-refractivity contribution is 6.22. The van der Waals surface area contributed by atoms with E-state index in [2.05, 4.69) is 5.32 Å². The number of carbonyl (C=O) groups is 2. The number of aromatic nitrogens is 1. The Morgan fingerprint density at radius 3 is 2.04 bits per heavy atom. The molecule has 9 heteroatoms. The number of hydrogen-bond acceptors (Lipinski definition) is 7. The van der Waals surface area contributed by atoms with Crippen LogP contribution < -0.4 is 29.8 Å². The van der Waals surface area contributed by atoms with Gasteiger partial charge >= 0.3 is 0 Å². The van der Waals surface area contributed by atoms with Gasteiger partial charge in [0.15, 0.2) is 11.9 Å². The summed E-state index contributed by atoms with van der Waals surface area (Å²) in [4.78, 5) is 45.0. The van der Waals surface area contributed by atoms with Gasteiger partial charge in [0, 0.05) is 6.07 Å². The number of amides is 2.